The normalized spacial score (nSPS) is 12.2. The molecule has 0 aliphatic rings. The zero-order chi connectivity index (χ0) is 15.2. The van der Waals surface area contributed by atoms with Crippen LogP contribution in [0.2, 0.25) is 0 Å². The zero-order valence-corrected chi connectivity index (χ0v) is 13.1. The van der Waals surface area contributed by atoms with Gasteiger partial charge in [0.2, 0.25) is 0 Å². The highest BCUT2D eigenvalue weighted by Gasteiger charge is 2.05. The summed E-state index contributed by atoms with van der Waals surface area (Å²) in [4.78, 5) is 4.42. The Morgan fingerprint density at radius 1 is 1.14 bits per heavy atom. The van der Waals surface area contributed by atoms with E-state index in [1.54, 1.807) is 6.20 Å². The summed E-state index contributed by atoms with van der Waals surface area (Å²) < 4.78 is 5.85. The Balaban J connectivity index is 1.98. The standard InChI is InChI=1S/C18H24N2O/c1-4-15(19)10-16-8-9-17(11-20-16)21-12-18-13(2)6-5-7-14(18)3/h5-9,11,15H,4,10,12,19H2,1-3H3. The molecule has 2 aromatic rings. The van der Waals surface area contributed by atoms with Gasteiger partial charge in [-0.25, -0.2) is 0 Å². The lowest BCUT2D eigenvalue weighted by Gasteiger charge is -2.12. The molecule has 2 rings (SSSR count). The number of hydrogen-bond acceptors (Lipinski definition) is 3. The Morgan fingerprint density at radius 2 is 1.86 bits per heavy atom. The summed E-state index contributed by atoms with van der Waals surface area (Å²) in [6, 6.07) is 10.4. The summed E-state index contributed by atoms with van der Waals surface area (Å²) in [5, 5.41) is 0. The highest BCUT2D eigenvalue weighted by atomic mass is 16.5. The maximum Gasteiger partial charge on any atom is 0.138 e. The number of nitrogens with zero attached hydrogens (tertiary/aromatic N) is 1. The molecule has 21 heavy (non-hydrogen) atoms. The average molecular weight is 284 g/mol. The van der Waals surface area contributed by atoms with E-state index in [1.165, 1.54) is 16.7 Å². The van der Waals surface area contributed by atoms with Gasteiger partial charge in [0, 0.05) is 18.2 Å². The third-order valence-corrected chi connectivity index (χ3v) is 3.82. The van der Waals surface area contributed by atoms with Gasteiger partial charge in [0.25, 0.3) is 0 Å². The Hall–Kier alpha value is -1.87. The van der Waals surface area contributed by atoms with Crippen molar-refractivity contribution in [2.45, 2.75) is 46.3 Å². The predicted molar refractivity (Wildman–Crippen MR) is 86.5 cm³/mol. The monoisotopic (exact) mass is 284 g/mol. The fourth-order valence-electron chi connectivity index (χ4n) is 2.26. The SMILES string of the molecule is CCC(N)Cc1ccc(OCc2c(C)cccc2C)cn1. The van der Waals surface area contributed by atoms with Gasteiger partial charge in [0.1, 0.15) is 12.4 Å². The lowest BCUT2D eigenvalue weighted by Crippen LogP contribution is -2.21. The Morgan fingerprint density at radius 3 is 2.43 bits per heavy atom. The van der Waals surface area contributed by atoms with Crippen LogP contribution >= 0.6 is 0 Å². The van der Waals surface area contributed by atoms with Crippen molar-refractivity contribution in [3.63, 3.8) is 0 Å². The molecule has 0 saturated carbocycles. The van der Waals surface area contributed by atoms with Gasteiger partial charge in [0.15, 0.2) is 0 Å². The zero-order valence-electron chi connectivity index (χ0n) is 13.1. The second-order valence-electron chi connectivity index (χ2n) is 5.52. The highest BCUT2D eigenvalue weighted by molar-refractivity contribution is 5.33. The maximum absolute atomic E-state index is 5.94. The predicted octanol–water partition coefficient (Wildman–Crippen LogP) is 3.56. The van der Waals surface area contributed by atoms with Crippen molar-refractivity contribution >= 4 is 0 Å². The molecular formula is C18H24N2O. The van der Waals surface area contributed by atoms with E-state index in [-0.39, 0.29) is 6.04 Å². The highest BCUT2D eigenvalue weighted by Crippen LogP contribution is 2.17. The van der Waals surface area contributed by atoms with Crippen LogP contribution in [0.4, 0.5) is 0 Å². The van der Waals surface area contributed by atoms with Crippen molar-refractivity contribution in [2.75, 3.05) is 0 Å². The van der Waals surface area contributed by atoms with Gasteiger partial charge in [0.05, 0.1) is 6.20 Å². The van der Waals surface area contributed by atoms with Crippen LogP contribution in [0.3, 0.4) is 0 Å². The van der Waals surface area contributed by atoms with Crippen LogP contribution in [0.15, 0.2) is 36.5 Å². The van der Waals surface area contributed by atoms with E-state index in [9.17, 15) is 0 Å². The lowest BCUT2D eigenvalue weighted by atomic mass is 10.0. The van der Waals surface area contributed by atoms with E-state index in [0.29, 0.717) is 6.61 Å². The molecule has 1 aromatic heterocycles. The molecule has 0 spiro atoms. The molecule has 0 aliphatic heterocycles. The van der Waals surface area contributed by atoms with Crippen molar-refractivity contribution in [1.82, 2.24) is 4.98 Å². The van der Waals surface area contributed by atoms with Crippen LogP contribution in [0, 0.1) is 13.8 Å². The van der Waals surface area contributed by atoms with Crippen molar-refractivity contribution in [3.8, 4) is 5.75 Å². The van der Waals surface area contributed by atoms with Crippen molar-refractivity contribution in [1.29, 1.82) is 0 Å². The molecule has 1 heterocycles. The molecule has 0 bridgehead atoms. The van der Waals surface area contributed by atoms with Gasteiger partial charge in [-0.1, -0.05) is 25.1 Å². The smallest absolute Gasteiger partial charge is 0.138 e. The molecule has 0 radical (unpaired) electrons. The molecule has 3 heteroatoms. The van der Waals surface area contributed by atoms with Gasteiger partial charge in [-0.05, 0) is 49.1 Å². The second kappa shape index (κ2) is 7.23. The second-order valence-corrected chi connectivity index (χ2v) is 5.52. The minimum Gasteiger partial charge on any atom is -0.487 e. The number of ether oxygens (including phenoxy) is 1. The number of rotatable bonds is 6. The van der Waals surface area contributed by atoms with Crippen molar-refractivity contribution in [3.05, 3.63) is 58.9 Å². The van der Waals surface area contributed by atoms with E-state index < -0.39 is 0 Å². The lowest BCUT2D eigenvalue weighted by molar-refractivity contribution is 0.303. The third kappa shape index (κ3) is 4.30. The Bertz CT molecular complexity index is 558. The summed E-state index contributed by atoms with van der Waals surface area (Å²) in [5.74, 6) is 0.798. The molecule has 0 saturated heterocycles. The van der Waals surface area contributed by atoms with Crippen LogP contribution in [0.5, 0.6) is 5.75 Å². The van der Waals surface area contributed by atoms with E-state index in [2.05, 4.69) is 44.0 Å². The van der Waals surface area contributed by atoms with Gasteiger partial charge in [-0.2, -0.15) is 0 Å². The molecule has 0 fully saturated rings. The first-order chi connectivity index (χ1) is 10.1. The number of pyridine rings is 1. The topological polar surface area (TPSA) is 48.1 Å². The summed E-state index contributed by atoms with van der Waals surface area (Å²) in [7, 11) is 0. The first-order valence-electron chi connectivity index (χ1n) is 7.48. The number of benzene rings is 1. The largest absolute Gasteiger partial charge is 0.487 e. The third-order valence-electron chi connectivity index (χ3n) is 3.82. The molecule has 1 aromatic carbocycles. The molecule has 112 valence electrons. The first-order valence-corrected chi connectivity index (χ1v) is 7.48. The van der Waals surface area contributed by atoms with Gasteiger partial charge >= 0.3 is 0 Å². The van der Waals surface area contributed by atoms with Crippen LogP contribution in [0.1, 0.15) is 35.7 Å². The minimum atomic E-state index is 0.180. The molecule has 0 aliphatic carbocycles. The van der Waals surface area contributed by atoms with E-state index >= 15 is 0 Å². The van der Waals surface area contributed by atoms with Crippen LogP contribution in [-0.2, 0) is 13.0 Å². The van der Waals surface area contributed by atoms with Crippen LogP contribution in [0.25, 0.3) is 0 Å². The maximum atomic E-state index is 5.94. The summed E-state index contributed by atoms with van der Waals surface area (Å²) in [6.07, 6.45) is 3.56. The van der Waals surface area contributed by atoms with E-state index in [0.717, 1.165) is 24.3 Å². The molecule has 1 atom stereocenters. The Kier molecular flexibility index (Phi) is 5.34. The van der Waals surface area contributed by atoms with E-state index in [1.807, 2.05) is 12.1 Å². The van der Waals surface area contributed by atoms with Gasteiger partial charge < -0.3 is 10.5 Å². The number of aromatic nitrogens is 1. The van der Waals surface area contributed by atoms with Crippen LogP contribution in [-0.4, -0.2) is 11.0 Å². The van der Waals surface area contributed by atoms with E-state index in [4.69, 9.17) is 10.5 Å². The summed E-state index contributed by atoms with van der Waals surface area (Å²) >= 11 is 0. The summed E-state index contributed by atoms with van der Waals surface area (Å²) in [6.45, 7) is 6.89. The van der Waals surface area contributed by atoms with Crippen molar-refractivity contribution < 1.29 is 4.74 Å². The molecule has 2 N–H and O–H groups in total. The van der Waals surface area contributed by atoms with Crippen molar-refractivity contribution in [2.24, 2.45) is 5.73 Å². The first kappa shape index (κ1) is 15.5. The molecule has 0 amide bonds. The quantitative estimate of drug-likeness (QED) is 0.882. The average Bonchev–Trinajstić information content (AvgIpc) is 2.48. The molecule has 1 unspecified atom stereocenters. The number of hydrogen-bond donors (Lipinski definition) is 1. The fourth-order valence-corrected chi connectivity index (χ4v) is 2.26. The van der Waals surface area contributed by atoms with Crippen LogP contribution < -0.4 is 10.5 Å². The number of nitrogens with two attached hydrogens (primary N) is 1. The Labute approximate surface area is 127 Å². The summed E-state index contributed by atoms with van der Waals surface area (Å²) in [5.41, 5.74) is 10.7. The van der Waals surface area contributed by atoms with Gasteiger partial charge in [-0.3, -0.25) is 4.98 Å². The number of aryl methyl sites for hydroxylation is 2. The molecular weight excluding hydrogens is 260 g/mol. The van der Waals surface area contributed by atoms with Gasteiger partial charge in [-0.15, -0.1) is 0 Å². The fraction of sp³-hybridized carbons (Fsp3) is 0.389. The molecule has 3 nitrogen and oxygen atoms in total. The minimum absolute atomic E-state index is 0.180.